The summed E-state index contributed by atoms with van der Waals surface area (Å²) in [6.45, 7) is 1.94. The fraction of sp³-hybridized carbons (Fsp3) is 0.500. The van der Waals surface area contributed by atoms with Crippen molar-refractivity contribution in [1.82, 2.24) is 4.98 Å². The second-order valence-electron chi connectivity index (χ2n) is 3.48. The van der Waals surface area contributed by atoms with Crippen LogP contribution in [0.3, 0.4) is 0 Å². The van der Waals surface area contributed by atoms with E-state index in [1.54, 1.807) is 7.11 Å². The van der Waals surface area contributed by atoms with E-state index in [9.17, 15) is 4.79 Å². The van der Waals surface area contributed by atoms with Gasteiger partial charge >= 0.3 is 5.97 Å². The molecular weight excluding hydrogens is 238 g/mol. The fourth-order valence-corrected chi connectivity index (χ4v) is 1.29. The van der Waals surface area contributed by atoms with Gasteiger partial charge in [0.1, 0.15) is 12.2 Å². The van der Waals surface area contributed by atoms with E-state index < -0.39 is 5.97 Å². The molecule has 0 aliphatic heterocycles. The van der Waals surface area contributed by atoms with Crippen LogP contribution in [-0.4, -0.2) is 49.6 Å². The molecule has 6 nitrogen and oxygen atoms in total. The van der Waals surface area contributed by atoms with Gasteiger partial charge in [0.15, 0.2) is 5.75 Å². The molecular formula is C12H17NO5. The Morgan fingerprint density at radius 3 is 2.89 bits per heavy atom. The van der Waals surface area contributed by atoms with Crippen LogP contribution in [-0.2, 0) is 9.47 Å². The molecule has 1 aromatic rings. The average Bonchev–Trinajstić information content (AvgIpc) is 2.38. The molecule has 0 amide bonds. The van der Waals surface area contributed by atoms with Crippen molar-refractivity contribution in [2.45, 2.75) is 6.42 Å². The van der Waals surface area contributed by atoms with Gasteiger partial charge in [0.05, 0.1) is 12.8 Å². The van der Waals surface area contributed by atoms with Crippen molar-refractivity contribution in [2.75, 3.05) is 33.5 Å². The van der Waals surface area contributed by atoms with Crippen molar-refractivity contribution in [1.29, 1.82) is 0 Å². The van der Waals surface area contributed by atoms with Crippen molar-refractivity contribution in [2.24, 2.45) is 0 Å². The number of nitrogens with zero attached hydrogens (tertiary/aromatic N) is 1. The Labute approximate surface area is 106 Å². The van der Waals surface area contributed by atoms with Crippen LogP contribution in [0.4, 0.5) is 0 Å². The van der Waals surface area contributed by atoms with Gasteiger partial charge in [-0.2, -0.15) is 0 Å². The van der Waals surface area contributed by atoms with Gasteiger partial charge in [0.2, 0.25) is 0 Å². The minimum absolute atomic E-state index is 0.101. The van der Waals surface area contributed by atoms with Crippen molar-refractivity contribution in [3.05, 3.63) is 24.0 Å². The van der Waals surface area contributed by atoms with Crippen LogP contribution in [0.5, 0.6) is 5.75 Å². The first-order valence-corrected chi connectivity index (χ1v) is 5.62. The molecule has 0 unspecified atom stereocenters. The minimum Gasteiger partial charge on any atom is -0.489 e. The summed E-state index contributed by atoms with van der Waals surface area (Å²) in [6.07, 6.45) is 3.62. The zero-order valence-electron chi connectivity index (χ0n) is 10.3. The van der Waals surface area contributed by atoms with Crippen molar-refractivity contribution < 1.29 is 24.1 Å². The molecule has 0 radical (unpaired) electrons. The van der Waals surface area contributed by atoms with E-state index in [4.69, 9.17) is 19.3 Å². The van der Waals surface area contributed by atoms with E-state index in [-0.39, 0.29) is 11.3 Å². The van der Waals surface area contributed by atoms with Gasteiger partial charge < -0.3 is 19.3 Å². The van der Waals surface area contributed by atoms with Crippen LogP contribution in [0.25, 0.3) is 0 Å². The Morgan fingerprint density at radius 1 is 1.33 bits per heavy atom. The van der Waals surface area contributed by atoms with Crippen LogP contribution < -0.4 is 4.74 Å². The lowest BCUT2D eigenvalue weighted by Crippen LogP contribution is -2.10. The molecule has 0 aliphatic rings. The number of carbonyl (C=O) groups is 1. The summed E-state index contributed by atoms with van der Waals surface area (Å²) in [6, 6.07) is 1.40. The quantitative estimate of drug-likeness (QED) is 0.668. The van der Waals surface area contributed by atoms with Crippen molar-refractivity contribution >= 4 is 5.97 Å². The Balaban J connectivity index is 2.25. The average molecular weight is 255 g/mol. The number of aromatic carboxylic acids is 1. The van der Waals surface area contributed by atoms with Crippen LogP contribution >= 0.6 is 0 Å². The third-order valence-electron chi connectivity index (χ3n) is 2.14. The number of carboxylic acids is 1. The first-order valence-electron chi connectivity index (χ1n) is 5.62. The lowest BCUT2D eigenvalue weighted by molar-refractivity contribution is 0.0676. The van der Waals surface area contributed by atoms with Crippen LogP contribution in [0.15, 0.2) is 18.5 Å². The molecule has 0 aromatic carbocycles. The van der Waals surface area contributed by atoms with Crippen molar-refractivity contribution in [3.63, 3.8) is 0 Å². The summed E-state index contributed by atoms with van der Waals surface area (Å²) in [4.78, 5) is 14.7. The molecule has 6 heteroatoms. The molecule has 0 spiro atoms. The Morgan fingerprint density at radius 2 is 2.17 bits per heavy atom. The van der Waals surface area contributed by atoms with E-state index in [2.05, 4.69) is 4.98 Å². The molecule has 0 fully saturated rings. The minimum atomic E-state index is -1.03. The molecule has 1 N–H and O–H groups in total. The standard InChI is InChI=1S/C12H17NO5/c1-16-5-2-6-17-7-8-18-11-9-13-4-3-10(11)12(14)15/h3-4,9H,2,5-8H2,1H3,(H,14,15). The third-order valence-corrected chi connectivity index (χ3v) is 2.14. The summed E-state index contributed by atoms with van der Waals surface area (Å²) >= 11 is 0. The number of hydrogen-bond acceptors (Lipinski definition) is 5. The van der Waals surface area contributed by atoms with Gasteiger partial charge in [-0.1, -0.05) is 0 Å². The summed E-state index contributed by atoms with van der Waals surface area (Å²) in [5, 5.41) is 8.91. The zero-order chi connectivity index (χ0) is 13.2. The lowest BCUT2D eigenvalue weighted by Gasteiger charge is -2.08. The number of hydrogen-bond donors (Lipinski definition) is 1. The Bertz CT molecular complexity index is 369. The van der Waals surface area contributed by atoms with Gasteiger partial charge in [-0.25, -0.2) is 4.79 Å². The van der Waals surface area contributed by atoms with Gasteiger partial charge in [-0.15, -0.1) is 0 Å². The number of carboxylic acid groups (broad SMARTS) is 1. The van der Waals surface area contributed by atoms with Crippen LogP contribution in [0.1, 0.15) is 16.8 Å². The zero-order valence-corrected chi connectivity index (χ0v) is 10.3. The maximum absolute atomic E-state index is 10.9. The topological polar surface area (TPSA) is 77.9 Å². The summed E-state index contributed by atoms with van der Waals surface area (Å²) in [5.41, 5.74) is 0.101. The smallest absolute Gasteiger partial charge is 0.339 e. The number of methoxy groups -OCH3 is 1. The lowest BCUT2D eigenvalue weighted by atomic mass is 10.2. The molecule has 1 rings (SSSR count). The van der Waals surface area contributed by atoms with E-state index in [1.165, 1.54) is 18.5 Å². The first kappa shape index (κ1) is 14.4. The fourth-order valence-electron chi connectivity index (χ4n) is 1.29. The molecule has 0 saturated carbocycles. The monoisotopic (exact) mass is 255 g/mol. The van der Waals surface area contributed by atoms with E-state index in [0.29, 0.717) is 26.4 Å². The SMILES string of the molecule is COCCCOCCOc1cnccc1C(=O)O. The molecule has 1 aromatic heterocycles. The summed E-state index contributed by atoms with van der Waals surface area (Å²) in [7, 11) is 1.64. The maximum Gasteiger partial charge on any atom is 0.339 e. The highest BCUT2D eigenvalue weighted by Crippen LogP contribution is 2.15. The van der Waals surface area contributed by atoms with Gasteiger partial charge in [0.25, 0.3) is 0 Å². The summed E-state index contributed by atoms with van der Waals surface area (Å²) < 4.78 is 15.5. The number of pyridine rings is 1. The second kappa shape index (κ2) is 8.43. The van der Waals surface area contributed by atoms with Crippen molar-refractivity contribution in [3.8, 4) is 5.75 Å². The highest BCUT2D eigenvalue weighted by Gasteiger charge is 2.10. The van der Waals surface area contributed by atoms with Gasteiger partial charge in [-0.05, 0) is 12.5 Å². The molecule has 1 heterocycles. The number of aromatic nitrogens is 1. The molecule has 0 atom stereocenters. The molecule has 0 saturated heterocycles. The van der Waals surface area contributed by atoms with Crippen LogP contribution in [0.2, 0.25) is 0 Å². The normalized spacial score (nSPS) is 10.3. The predicted molar refractivity (Wildman–Crippen MR) is 64.0 cm³/mol. The van der Waals surface area contributed by atoms with Gasteiger partial charge in [-0.3, -0.25) is 4.98 Å². The molecule has 0 bridgehead atoms. The van der Waals surface area contributed by atoms with E-state index in [1.807, 2.05) is 0 Å². The van der Waals surface area contributed by atoms with E-state index in [0.717, 1.165) is 6.42 Å². The predicted octanol–water partition coefficient (Wildman–Crippen LogP) is 1.21. The number of ether oxygens (including phenoxy) is 3. The summed E-state index contributed by atoms with van der Waals surface area (Å²) in [5.74, 6) is -0.779. The molecule has 0 aliphatic carbocycles. The Hall–Kier alpha value is -1.66. The highest BCUT2D eigenvalue weighted by molar-refractivity contribution is 5.90. The largest absolute Gasteiger partial charge is 0.489 e. The third kappa shape index (κ3) is 5.11. The highest BCUT2D eigenvalue weighted by atomic mass is 16.5. The maximum atomic E-state index is 10.9. The second-order valence-corrected chi connectivity index (χ2v) is 3.48. The molecule has 100 valence electrons. The first-order chi connectivity index (χ1) is 8.75. The van der Waals surface area contributed by atoms with Crippen LogP contribution in [0, 0.1) is 0 Å². The van der Waals surface area contributed by atoms with Gasteiger partial charge in [0, 0.05) is 26.5 Å². The molecule has 18 heavy (non-hydrogen) atoms. The Kier molecular flexibility index (Phi) is 6.75. The number of rotatable bonds is 9. The van der Waals surface area contributed by atoms with E-state index >= 15 is 0 Å².